The van der Waals surface area contributed by atoms with E-state index >= 15 is 0 Å². The lowest BCUT2D eigenvalue weighted by Crippen LogP contribution is -2.45. The van der Waals surface area contributed by atoms with E-state index in [-0.39, 0.29) is 23.9 Å². The van der Waals surface area contributed by atoms with Crippen molar-refractivity contribution in [2.45, 2.75) is 57.1 Å². The minimum Gasteiger partial charge on any atom is -0.376 e. The lowest BCUT2D eigenvalue weighted by molar-refractivity contribution is 0.0436. The molecule has 3 heterocycles. The van der Waals surface area contributed by atoms with Gasteiger partial charge in [-0.3, -0.25) is 4.79 Å². The number of benzene rings is 1. The number of carbonyl (C=O) groups excluding carboxylic acids is 1. The Labute approximate surface area is 181 Å². The van der Waals surface area contributed by atoms with Crippen molar-refractivity contribution in [3.05, 3.63) is 47.0 Å². The Bertz CT molecular complexity index is 902. The van der Waals surface area contributed by atoms with Gasteiger partial charge < -0.3 is 9.64 Å². The molecular formula is C23H28FN3O2S. The molecule has 2 unspecified atom stereocenters. The zero-order valence-corrected chi connectivity index (χ0v) is 18.0. The van der Waals surface area contributed by atoms with Crippen LogP contribution in [0.25, 0.3) is 5.69 Å². The Hall–Kier alpha value is -1.86. The van der Waals surface area contributed by atoms with E-state index in [1.54, 1.807) is 12.1 Å². The fourth-order valence-corrected chi connectivity index (χ4v) is 6.10. The lowest BCUT2D eigenvalue weighted by atomic mass is 9.95. The first kappa shape index (κ1) is 20.1. The van der Waals surface area contributed by atoms with Gasteiger partial charge in [-0.05, 0) is 75.0 Å². The molecular weight excluding hydrogens is 401 g/mol. The molecule has 2 aliphatic heterocycles. The summed E-state index contributed by atoms with van der Waals surface area (Å²) in [6.45, 7) is 1.45. The number of fused-ring (bicyclic) bond motifs is 1. The van der Waals surface area contributed by atoms with Gasteiger partial charge in [0.1, 0.15) is 5.82 Å². The van der Waals surface area contributed by atoms with E-state index < -0.39 is 0 Å². The van der Waals surface area contributed by atoms with Crippen LogP contribution >= 0.6 is 11.8 Å². The minimum absolute atomic E-state index is 0.0389. The van der Waals surface area contributed by atoms with Crippen molar-refractivity contribution in [1.82, 2.24) is 14.7 Å². The minimum atomic E-state index is -0.266. The van der Waals surface area contributed by atoms with Crippen molar-refractivity contribution < 1.29 is 13.9 Å². The van der Waals surface area contributed by atoms with Crippen LogP contribution in [0.3, 0.4) is 0 Å². The van der Waals surface area contributed by atoms with Crippen molar-refractivity contribution >= 4 is 17.7 Å². The maximum atomic E-state index is 13.8. The van der Waals surface area contributed by atoms with Crippen molar-refractivity contribution in [1.29, 1.82) is 0 Å². The van der Waals surface area contributed by atoms with E-state index in [2.05, 4.69) is 0 Å². The highest BCUT2D eigenvalue weighted by Gasteiger charge is 2.35. The predicted molar refractivity (Wildman–Crippen MR) is 116 cm³/mol. The average Bonchev–Trinajstić information content (AvgIpc) is 3.53. The van der Waals surface area contributed by atoms with Crippen LogP contribution in [0.15, 0.2) is 24.3 Å². The summed E-state index contributed by atoms with van der Waals surface area (Å²) >= 11 is 1.92. The first-order valence-electron chi connectivity index (χ1n) is 11.1. The number of halogens is 1. The molecule has 0 radical (unpaired) electrons. The van der Waals surface area contributed by atoms with E-state index in [0.717, 1.165) is 80.0 Å². The molecule has 0 N–H and O–H groups in total. The molecule has 1 aromatic heterocycles. The molecule has 7 heteroatoms. The van der Waals surface area contributed by atoms with E-state index in [4.69, 9.17) is 9.84 Å². The molecule has 0 spiro atoms. The second kappa shape index (κ2) is 8.71. The molecule has 5 rings (SSSR count). The van der Waals surface area contributed by atoms with E-state index in [1.165, 1.54) is 12.1 Å². The summed E-state index contributed by atoms with van der Waals surface area (Å²) < 4.78 is 21.2. The number of aromatic nitrogens is 2. The Morgan fingerprint density at radius 3 is 2.77 bits per heavy atom. The van der Waals surface area contributed by atoms with Crippen molar-refractivity contribution in [3.8, 4) is 5.69 Å². The fraction of sp³-hybridized carbons (Fsp3) is 0.565. The van der Waals surface area contributed by atoms with E-state index in [9.17, 15) is 9.18 Å². The van der Waals surface area contributed by atoms with Gasteiger partial charge in [0.15, 0.2) is 5.69 Å². The van der Waals surface area contributed by atoms with E-state index in [1.807, 2.05) is 21.3 Å². The molecule has 160 valence electrons. The Balaban J connectivity index is 1.50. The van der Waals surface area contributed by atoms with Gasteiger partial charge in [-0.25, -0.2) is 9.07 Å². The zero-order chi connectivity index (χ0) is 20.5. The molecule has 2 atom stereocenters. The topological polar surface area (TPSA) is 47.4 Å². The normalized spacial score (nSPS) is 23.5. The molecule has 0 bridgehead atoms. The van der Waals surface area contributed by atoms with Gasteiger partial charge in [-0.15, -0.1) is 0 Å². The number of amides is 1. The smallest absolute Gasteiger partial charge is 0.275 e. The fourth-order valence-electron chi connectivity index (χ4n) is 4.88. The highest BCUT2D eigenvalue weighted by atomic mass is 32.2. The van der Waals surface area contributed by atoms with Gasteiger partial charge in [0.05, 0.1) is 11.8 Å². The van der Waals surface area contributed by atoms with Gasteiger partial charge in [0, 0.05) is 36.2 Å². The molecule has 2 saturated heterocycles. The highest BCUT2D eigenvalue weighted by Crippen LogP contribution is 2.31. The Morgan fingerprint density at radius 2 is 2.03 bits per heavy atom. The third-order valence-corrected chi connectivity index (χ3v) is 7.63. The number of thioether (sulfide) groups is 1. The molecule has 1 amide bonds. The van der Waals surface area contributed by atoms with Gasteiger partial charge in [0.25, 0.3) is 5.91 Å². The molecule has 2 aromatic rings. The largest absolute Gasteiger partial charge is 0.376 e. The summed E-state index contributed by atoms with van der Waals surface area (Å²) in [5.74, 6) is 1.86. The summed E-state index contributed by atoms with van der Waals surface area (Å²) in [7, 11) is 0. The Kier molecular flexibility index (Phi) is 5.83. The summed E-state index contributed by atoms with van der Waals surface area (Å²) in [5, 5.41) is 4.81. The van der Waals surface area contributed by atoms with Crippen molar-refractivity contribution in [2.24, 2.45) is 0 Å². The van der Waals surface area contributed by atoms with Gasteiger partial charge in [-0.2, -0.15) is 16.9 Å². The third kappa shape index (κ3) is 3.89. The number of hydrogen-bond acceptors (Lipinski definition) is 4. The molecule has 3 aliphatic rings. The SMILES string of the molecule is O=C(c1nn(-c2ccc(F)cc2)c2c1CCCC2)N(CC1CCCO1)C1CCSC1. The van der Waals surface area contributed by atoms with Gasteiger partial charge in [0.2, 0.25) is 0 Å². The third-order valence-electron chi connectivity index (χ3n) is 6.49. The molecule has 2 fully saturated rings. The van der Waals surface area contributed by atoms with Crippen molar-refractivity contribution in [2.75, 3.05) is 24.7 Å². The summed E-state index contributed by atoms with van der Waals surface area (Å²) in [6.07, 6.45) is 7.20. The number of carbonyl (C=O) groups is 1. The van der Waals surface area contributed by atoms with Crippen molar-refractivity contribution in [3.63, 3.8) is 0 Å². The van der Waals surface area contributed by atoms with Crippen LogP contribution in [0.5, 0.6) is 0 Å². The standard InChI is InChI=1S/C23H28FN3O2S/c24-16-7-9-17(10-8-16)27-21-6-2-1-5-20(21)22(25-27)23(28)26(18-11-13-30-15-18)14-19-4-3-12-29-19/h7-10,18-19H,1-6,11-15H2. The second-order valence-electron chi connectivity index (χ2n) is 8.48. The van der Waals surface area contributed by atoms with Crippen LogP contribution in [0, 0.1) is 5.82 Å². The average molecular weight is 430 g/mol. The van der Waals surface area contributed by atoms with Crippen LogP contribution in [0.1, 0.15) is 53.8 Å². The zero-order valence-electron chi connectivity index (χ0n) is 17.2. The number of nitrogens with zero attached hydrogens (tertiary/aromatic N) is 3. The molecule has 30 heavy (non-hydrogen) atoms. The molecule has 0 saturated carbocycles. The monoisotopic (exact) mass is 429 g/mol. The second-order valence-corrected chi connectivity index (χ2v) is 9.63. The maximum Gasteiger partial charge on any atom is 0.275 e. The number of rotatable bonds is 5. The van der Waals surface area contributed by atoms with Crippen LogP contribution in [0.4, 0.5) is 4.39 Å². The summed E-state index contributed by atoms with van der Waals surface area (Å²) in [5.41, 5.74) is 3.59. The molecule has 1 aliphatic carbocycles. The number of hydrogen-bond donors (Lipinski definition) is 0. The van der Waals surface area contributed by atoms with Crippen LogP contribution in [-0.2, 0) is 17.6 Å². The first-order valence-corrected chi connectivity index (χ1v) is 12.2. The lowest BCUT2D eigenvalue weighted by Gasteiger charge is -2.30. The maximum absolute atomic E-state index is 13.8. The predicted octanol–water partition coefficient (Wildman–Crippen LogP) is 4.02. The Morgan fingerprint density at radius 1 is 1.20 bits per heavy atom. The van der Waals surface area contributed by atoms with Crippen LogP contribution < -0.4 is 0 Å². The first-order chi connectivity index (χ1) is 14.7. The van der Waals surface area contributed by atoms with Gasteiger partial charge >= 0.3 is 0 Å². The number of ether oxygens (including phenoxy) is 1. The summed E-state index contributed by atoms with van der Waals surface area (Å²) in [4.78, 5) is 15.9. The van der Waals surface area contributed by atoms with Crippen LogP contribution in [-0.4, -0.2) is 57.4 Å². The quantitative estimate of drug-likeness (QED) is 0.720. The highest BCUT2D eigenvalue weighted by molar-refractivity contribution is 7.99. The van der Waals surface area contributed by atoms with Gasteiger partial charge in [-0.1, -0.05) is 0 Å². The molecule has 5 nitrogen and oxygen atoms in total. The van der Waals surface area contributed by atoms with Crippen LogP contribution in [0.2, 0.25) is 0 Å². The van der Waals surface area contributed by atoms with E-state index in [0.29, 0.717) is 12.2 Å². The molecule has 1 aromatic carbocycles. The summed E-state index contributed by atoms with van der Waals surface area (Å²) in [6, 6.07) is 6.63.